The van der Waals surface area contributed by atoms with Crippen molar-refractivity contribution >= 4 is 22.3 Å². The molecule has 0 atom stereocenters. The monoisotopic (exact) mass is 304 g/mol. The van der Waals surface area contributed by atoms with E-state index >= 15 is 0 Å². The number of aromatic nitrogens is 1. The second-order valence-corrected chi connectivity index (χ2v) is 6.05. The third kappa shape index (κ3) is 2.42. The first-order valence-corrected chi connectivity index (χ1v) is 8.07. The number of methoxy groups -OCH3 is 1. The van der Waals surface area contributed by atoms with Gasteiger partial charge in [-0.05, 0) is 55.7 Å². The molecule has 0 radical (unpaired) electrons. The average Bonchev–Trinajstić information content (AvgIpc) is 2.60. The third-order valence-electron chi connectivity index (χ3n) is 4.52. The lowest BCUT2D eigenvalue weighted by atomic mass is 9.99. The number of ether oxygens (including phenoxy) is 1. The fourth-order valence-corrected chi connectivity index (χ4v) is 3.46. The highest BCUT2D eigenvalue weighted by molar-refractivity contribution is 5.94. The van der Waals surface area contributed by atoms with Gasteiger partial charge < -0.3 is 9.64 Å². The maximum absolute atomic E-state index is 5.38. The van der Waals surface area contributed by atoms with Crippen LogP contribution in [0.3, 0.4) is 0 Å². The summed E-state index contributed by atoms with van der Waals surface area (Å²) in [5.41, 5.74) is 6.00. The van der Waals surface area contributed by atoms with E-state index in [2.05, 4.69) is 53.2 Å². The summed E-state index contributed by atoms with van der Waals surface area (Å²) in [6, 6.07) is 17.0. The van der Waals surface area contributed by atoms with E-state index in [-0.39, 0.29) is 0 Å². The first-order chi connectivity index (χ1) is 11.3. The number of hydrogen-bond donors (Lipinski definition) is 0. The number of aryl methyl sites for hydroxylation is 2. The Kier molecular flexibility index (Phi) is 3.41. The van der Waals surface area contributed by atoms with Crippen molar-refractivity contribution in [1.82, 2.24) is 4.98 Å². The molecule has 0 amide bonds. The quantitative estimate of drug-likeness (QED) is 0.690. The number of benzene rings is 2. The Morgan fingerprint density at radius 1 is 1.04 bits per heavy atom. The molecule has 3 heteroatoms. The summed E-state index contributed by atoms with van der Waals surface area (Å²) in [7, 11) is 1.72. The lowest BCUT2D eigenvalue weighted by Crippen LogP contribution is -2.24. The van der Waals surface area contributed by atoms with Crippen LogP contribution in [0.25, 0.3) is 10.9 Å². The molecule has 0 aliphatic carbocycles. The van der Waals surface area contributed by atoms with Crippen molar-refractivity contribution in [3.63, 3.8) is 0 Å². The van der Waals surface area contributed by atoms with Crippen molar-refractivity contribution < 1.29 is 4.74 Å². The van der Waals surface area contributed by atoms with Crippen LogP contribution in [0, 0.1) is 6.92 Å². The van der Waals surface area contributed by atoms with E-state index in [9.17, 15) is 0 Å². The molecule has 1 aromatic heterocycles. The normalized spacial score (nSPS) is 13.9. The first kappa shape index (κ1) is 14.1. The number of rotatable bonds is 2. The van der Waals surface area contributed by atoms with Gasteiger partial charge in [0.2, 0.25) is 0 Å². The van der Waals surface area contributed by atoms with Crippen molar-refractivity contribution in [2.75, 3.05) is 18.6 Å². The molecule has 3 aromatic rings. The Morgan fingerprint density at radius 3 is 2.78 bits per heavy atom. The van der Waals surface area contributed by atoms with Gasteiger partial charge in [0.05, 0.1) is 18.3 Å². The van der Waals surface area contributed by atoms with Gasteiger partial charge in [-0.1, -0.05) is 18.2 Å². The van der Waals surface area contributed by atoms with Gasteiger partial charge in [0.25, 0.3) is 0 Å². The second kappa shape index (κ2) is 5.58. The zero-order valence-electron chi connectivity index (χ0n) is 13.5. The maximum atomic E-state index is 5.38. The highest BCUT2D eigenvalue weighted by Crippen LogP contribution is 2.38. The topological polar surface area (TPSA) is 25.4 Å². The molecule has 23 heavy (non-hydrogen) atoms. The van der Waals surface area contributed by atoms with Crippen LogP contribution in [0.2, 0.25) is 0 Å². The van der Waals surface area contributed by atoms with Crippen molar-refractivity contribution in [1.29, 1.82) is 0 Å². The summed E-state index contributed by atoms with van der Waals surface area (Å²) in [6.07, 6.45) is 2.25. The lowest BCUT2D eigenvalue weighted by molar-refractivity contribution is 0.414. The van der Waals surface area contributed by atoms with Crippen LogP contribution in [-0.2, 0) is 6.42 Å². The molecular formula is C20H20N2O. The summed E-state index contributed by atoms with van der Waals surface area (Å²) >= 11 is 0. The van der Waals surface area contributed by atoms with E-state index < -0.39 is 0 Å². The Balaban J connectivity index is 1.90. The maximum Gasteiger partial charge on any atom is 0.119 e. The van der Waals surface area contributed by atoms with Crippen LogP contribution >= 0.6 is 0 Å². The number of para-hydroxylation sites is 1. The van der Waals surface area contributed by atoms with E-state index in [4.69, 9.17) is 4.74 Å². The van der Waals surface area contributed by atoms with Gasteiger partial charge in [-0.15, -0.1) is 0 Å². The number of anilines is 2. The molecule has 0 saturated heterocycles. The lowest BCUT2D eigenvalue weighted by Gasteiger charge is -2.32. The van der Waals surface area contributed by atoms with Gasteiger partial charge in [-0.2, -0.15) is 0 Å². The van der Waals surface area contributed by atoms with E-state index in [1.807, 2.05) is 12.1 Å². The zero-order chi connectivity index (χ0) is 15.8. The molecule has 0 saturated carbocycles. The Morgan fingerprint density at radius 2 is 1.91 bits per heavy atom. The second-order valence-electron chi connectivity index (χ2n) is 6.05. The minimum Gasteiger partial charge on any atom is -0.497 e. The SMILES string of the molecule is COc1ccc2c(c1)CCCN2c1cc(C)nc2ccccc12. The summed E-state index contributed by atoms with van der Waals surface area (Å²) < 4.78 is 5.38. The van der Waals surface area contributed by atoms with Gasteiger partial charge in [0.1, 0.15) is 5.75 Å². The predicted molar refractivity (Wildman–Crippen MR) is 94.8 cm³/mol. The molecule has 2 aromatic carbocycles. The molecule has 0 fully saturated rings. The number of nitrogens with zero attached hydrogens (tertiary/aromatic N) is 2. The van der Waals surface area contributed by atoms with Gasteiger partial charge in [-0.3, -0.25) is 4.98 Å². The Hall–Kier alpha value is -2.55. The summed E-state index contributed by atoms with van der Waals surface area (Å²) in [5, 5.41) is 1.21. The minimum absolute atomic E-state index is 0.932. The van der Waals surface area contributed by atoms with Crippen LogP contribution in [0.4, 0.5) is 11.4 Å². The van der Waals surface area contributed by atoms with Crippen LogP contribution < -0.4 is 9.64 Å². The molecule has 4 rings (SSSR count). The van der Waals surface area contributed by atoms with Crippen molar-refractivity contribution in [2.24, 2.45) is 0 Å². The highest BCUT2D eigenvalue weighted by Gasteiger charge is 2.21. The van der Waals surface area contributed by atoms with Gasteiger partial charge in [0.15, 0.2) is 0 Å². The molecule has 0 N–H and O–H groups in total. The average molecular weight is 304 g/mol. The predicted octanol–water partition coefficient (Wildman–Crippen LogP) is 4.64. The van der Waals surface area contributed by atoms with Crippen molar-refractivity contribution in [3.05, 3.63) is 59.8 Å². The molecule has 0 spiro atoms. The van der Waals surface area contributed by atoms with Crippen LogP contribution in [0.1, 0.15) is 17.7 Å². The van der Waals surface area contributed by atoms with Crippen molar-refractivity contribution in [2.45, 2.75) is 19.8 Å². The molecule has 116 valence electrons. The van der Waals surface area contributed by atoms with Crippen LogP contribution in [-0.4, -0.2) is 18.6 Å². The smallest absolute Gasteiger partial charge is 0.119 e. The van der Waals surface area contributed by atoms with Gasteiger partial charge >= 0.3 is 0 Å². The molecular weight excluding hydrogens is 284 g/mol. The molecule has 1 aliphatic rings. The summed E-state index contributed by atoms with van der Waals surface area (Å²) in [4.78, 5) is 7.09. The molecule has 1 aliphatic heterocycles. The van der Waals surface area contributed by atoms with Crippen LogP contribution in [0.5, 0.6) is 5.75 Å². The summed E-state index contributed by atoms with van der Waals surface area (Å²) in [6.45, 7) is 3.10. The number of fused-ring (bicyclic) bond motifs is 2. The standard InChI is InChI=1S/C20H20N2O/c1-14-12-20(17-7-3-4-8-18(17)21-14)22-11-5-6-15-13-16(23-2)9-10-19(15)22/h3-4,7-10,12-13H,5-6,11H2,1-2H3. The largest absolute Gasteiger partial charge is 0.497 e. The van der Waals surface area contributed by atoms with E-state index in [0.29, 0.717) is 0 Å². The van der Waals surface area contributed by atoms with Gasteiger partial charge in [0, 0.05) is 23.3 Å². The van der Waals surface area contributed by atoms with E-state index in [1.54, 1.807) is 7.11 Å². The van der Waals surface area contributed by atoms with E-state index in [0.717, 1.165) is 36.3 Å². The first-order valence-electron chi connectivity index (χ1n) is 8.07. The molecule has 2 heterocycles. The summed E-state index contributed by atoms with van der Waals surface area (Å²) in [5.74, 6) is 0.932. The Bertz CT molecular complexity index is 873. The van der Waals surface area contributed by atoms with E-state index in [1.165, 1.54) is 22.3 Å². The fourth-order valence-electron chi connectivity index (χ4n) is 3.46. The molecule has 3 nitrogen and oxygen atoms in total. The third-order valence-corrected chi connectivity index (χ3v) is 4.52. The Labute approximate surface area is 136 Å². The number of hydrogen-bond acceptors (Lipinski definition) is 3. The fraction of sp³-hybridized carbons (Fsp3) is 0.250. The van der Waals surface area contributed by atoms with Crippen LogP contribution in [0.15, 0.2) is 48.5 Å². The zero-order valence-corrected chi connectivity index (χ0v) is 13.5. The van der Waals surface area contributed by atoms with Crippen molar-refractivity contribution in [3.8, 4) is 5.75 Å². The van der Waals surface area contributed by atoms with Gasteiger partial charge in [-0.25, -0.2) is 0 Å². The molecule has 0 bridgehead atoms. The number of pyridine rings is 1. The molecule has 0 unspecified atom stereocenters. The highest BCUT2D eigenvalue weighted by atomic mass is 16.5. The minimum atomic E-state index is 0.932.